The zero-order valence-corrected chi connectivity index (χ0v) is 13.5. The number of hydrogen-bond donors (Lipinski definition) is 1. The lowest BCUT2D eigenvalue weighted by Gasteiger charge is -2.56. The Kier molecular flexibility index (Phi) is 9.56. The van der Waals surface area contributed by atoms with Crippen molar-refractivity contribution in [3.8, 4) is 0 Å². The van der Waals surface area contributed by atoms with Gasteiger partial charge in [-0.3, -0.25) is 9.69 Å². The van der Waals surface area contributed by atoms with Gasteiger partial charge in [-0.2, -0.15) is 12.6 Å². The standard InChI is InChI=1S/C11H20N2O.C2H6.CH4S/c1-3-5-12-7-9-6-10(8-12)13(9)11(14)4-2;2*1-2/h9-10H,3-8H2,1-2H3;1-2H3;2H,1H3. The van der Waals surface area contributed by atoms with Crippen LogP contribution in [0.1, 0.15) is 47.0 Å². The summed E-state index contributed by atoms with van der Waals surface area (Å²) in [5.74, 6) is 0.349. The Balaban J connectivity index is 0.000000659. The summed E-state index contributed by atoms with van der Waals surface area (Å²) in [6, 6.07) is 1.07. The highest BCUT2D eigenvalue weighted by molar-refractivity contribution is 7.79. The molecule has 0 aromatic rings. The molecule has 0 spiro atoms. The average Bonchev–Trinajstić information content (AvgIpc) is 2.43. The predicted octanol–water partition coefficient (Wildman–Crippen LogP) is 2.66. The zero-order chi connectivity index (χ0) is 14.1. The molecule has 0 radical (unpaired) electrons. The fraction of sp³-hybridized carbons (Fsp3) is 0.929. The smallest absolute Gasteiger partial charge is 0.222 e. The number of rotatable bonds is 3. The first-order chi connectivity index (χ1) is 8.76. The molecule has 3 aliphatic rings. The number of thiol groups is 1. The summed E-state index contributed by atoms with van der Waals surface area (Å²) in [6.45, 7) is 11.6. The normalized spacial score (nSPS) is 25.1. The number of carbonyl (C=O) groups is 1. The first-order valence-electron chi connectivity index (χ1n) is 7.24. The van der Waals surface area contributed by atoms with Gasteiger partial charge in [0, 0.05) is 31.6 Å². The van der Waals surface area contributed by atoms with Crippen LogP contribution in [0.5, 0.6) is 0 Å². The highest BCUT2D eigenvalue weighted by Gasteiger charge is 2.45. The van der Waals surface area contributed by atoms with Crippen molar-refractivity contribution < 1.29 is 4.79 Å². The molecule has 108 valence electrons. The number of carbonyl (C=O) groups excluding carboxylic acids is 1. The lowest BCUT2D eigenvalue weighted by Crippen LogP contribution is -2.70. The van der Waals surface area contributed by atoms with Crippen molar-refractivity contribution in [2.45, 2.75) is 59.0 Å². The van der Waals surface area contributed by atoms with E-state index in [-0.39, 0.29) is 0 Å². The van der Waals surface area contributed by atoms with Crippen LogP contribution < -0.4 is 0 Å². The zero-order valence-electron chi connectivity index (χ0n) is 12.6. The van der Waals surface area contributed by atoms with E-state index in [0.29, 0.717) is 24.4 Å². The largest absolute Gasteiger partial charge is 0.334 e. The van der Waals surface area contributed by atoms with Crippen LogP contribution in [0.3, 0.4) is 0 Å². The fourth-order valence-electron chi connectivity index (χ4n) is 2.79. The third kappa shape index (κ3) is 4.16. The Morgan fingerprint density at radius 3 is 2.06 bits per heavy atom. The van der Waals surface area contributed by atoms with E-state index in [1.807, 2.05) is 20.8 Å². The summed E-state index contributed by atoms with van der Waals surface area (Å²) in [6.07, 6.45) is 4.83. The second-order valence-electron chi connectivity index (χ2n) is 4.46. The van der Waals surface area contributed by atoms with Gasteiger partial charge < -0.3 is 4.90 Å². The molecule has 18 heavy (non-hydrogen) atoms. The van der Waals surface area contributed by atoms with E-state index in [4.69, 9.17) is 0 Å². The van der Waals surface area contributed by atoms with Crippen LogP contribution in [-0.4, -0.2) is 53.7 Å². The van der Waals surface area contributed by atoms with Gasteiger partial charge in [-0.05, 0) is 25.6 Å². The number of fused-ring (bicyclic) bond motifs is 2. The van der Waals surface area contributed by atoms with Crippen molar-refractivity contribution >= 4 is 18.5 Å². The Morgan fingerprint density at radius 2 is 1.67 bits per heavy atom. The second kappa shape index (κ2) is 9.68. The first-order valence-corrected chi connectivity index (χ1v) is 8.14. The predicted molar refractivity (Wildman–Crippen MR) is 82.3 cm³/mol. The van der Waals surface area contributed by atoms with Gasteiger partial charge in [-0.1, -0.05) is 27.7 Å². The fourth-order valence-corrected chi connectivity index (χ4v) is 2.79. The number of piperazine rings is 1. The Morgan fingerprint density at radius 1 is 1.17 bits per heavy atom. The minimum atomic E-state index is 0.349. The van der Waals surface area contributed by atoms with Crippen LogP contribution in [0.4, 0.5) is 0 Å². The number of nitrogens with zero attached hydrogens (tertiary/aromatic N) is 2. The van der Waals surface area contributed by atoms with Gasteiger partial charge in [0.25, 0.3) is 0 Å². The van der Waals surface area contributed by atoms with Crippen LogP contribution in [0, 0.1) is 0 Å². The molecule has 2 unspecified atom stereocenters. The lowest BCUT2D eigenvalue weighted by molar-refractivity contribution is -0.153. The maximum atomic E-state index is 11.6. The highest BCUT2D eigenvalue weighted by Crippen LogP contribution is 2.32. The van der Waals surface area contributed by atoms with Crippen LogP contribution in [0.25, 0.3) is 0 Å². The first kappa shape index (κ1) is 17.8. The molecule has 4 heteroatoms. The van der Waals surface area contributed by atoms with E-state index in [2.05, 4.69) is 29.4 Å². The third-order valence-electron chi connectivity index (χ3n) is 3.40. The van der Waals surface area contributed by atoms with Gasteiger partial charge in [0.1, 0.15) is 0 Å². The number of hydrogen-bond acceptors (Lipinski definition) is 3. The van der Waals surface area contributed by atoms with Gasteiger partial charge in [0.2, 0.25) is 5.91 Å². The highest BCUT2D eigenvalue weighted by atomic mass is 32.1. The van der Waals surface area contributed by atoms with E-state index >= 15 is 0 Å². The van der Waals surface area contributed by atoms with E-state index in [1.54, 1.807) is 6.26 Å². The van der Waals surface area contributed by atoms with Crippen molar-refractivity contribution in [2.24, 2.45) is 0 Å². The van der Waals surface area contributed by atoms with Crippen LogP contribution in [0.2, 0.25) is 0 Å². The third-order valence-corrected chi connectivity index (χ3v) is 3.40. The minimum absolute atomic E-state index is 0.349. The van der Waals surface area contributed by atoms with Crippen LogP contribution >= 0.6 is 12.6 Å². The molecule has 2 bridgehead atoms. The topological polar surface area (TPSA) is 23.6 Å². The quantitative estimate of drug-likeness (QED) is 0.800. The molecule has 0 aromatic heterocycles. The molecule has 0 aliphatic carbocycles. The minimum Gasteiger partial charge on any atom is -0.334 e. The lowest BCUT2D eigenvalue weighted by atomic mass is 9.87. The Hall–Kier alpha value is -0.220. The Bertz CT molecular complexity index is 224. The number of amides is 1. The van der Waals surface area contributed by atoms with Crippen LogP contribution in [0.15, 0.2) is 0 Å². The molecule has 3 heterocycles. The molecular formula is C14H30N2OS. The summed E-state index contributed by atoms with van der Waals surface area (Å²) < 4.78 is 0. The van der Waals surface area contributed by atoms with E-state index in [0.717, 1.165) is 13.1 Å². The number of piperidine rings is 1. The van der Waals surface area contributed by atoms with Gasteiger partial charge in [0.15, 0.2) is 0 Å². The molecule has 0 saturated carbocycles. The molecule has 0 N–H and O–H groups in total. The molecule has 3 nitrogen and oxygen atoms in total. The summed E-state index contributed by atoms with van der Waals surface area (Å²) in [5.41, 5.74) is 0. The molecule has 0 aromatic carbocycles. The Labute approximate surface area is 118 Å². The maximum Gasteiger partial charge on any atom is 0.222 e. The summed E-state index contributed by atoms with van der Waals surface area (Å²) in [5, 5.41) is 0. The van der Waals surface area contributed by atoms with Crippen molar-refractivity contribution in [2.75, 3.05) is 25.9 Å². The molecule has 3 saturated heterocycles. The van der Waals surface area contributed by atoms with Crippen molar-refractivity contribution in [1.29, 1.82) is 0 Å². The van der Waals surface area contributed by atoms with Crippen molar-refractivity contribution in [3.05, 3.63) is 0 Å². The van der Waals surface area contributed by atoms with Gasteiger partial charge in [0.05, 0.1) is 0 Å². The van der Waals surface area contributed by atoms with Gasteiger partial charge >= 0.3 is 0 Å². The van der Waals surface area contributed by atoms with Crippen molar-refractivity contribution in [3.63, 3.8) is 0 Å². The molecule has 3 rings (SSSR count). The van der Waals surface area contributed by atoms with E-state index in [9.17, 15) is 4.79 Å². The molecule has 2 atom stereocenters. The average molecular weight is 274 g/mol. The summed E-state index contributed by atoms with van der Waals surface area (Å²) in [7, 11) is 0. The van der Waals surface area contributed by atoms with E-state index in [1.165, 1.54) is 19.4 Å². The SMILES string of the molecule is CC.CCCN1CC2CC(C1)N2C(=O)CC.CS. The van der Waals surface area contributed by atoms with Gasteiger partial charge in [-0.15, -0.1) is 0 Å². The molecule has 3 aliphatic heterocycles. The maximum absolute atomic E-state index is 11.6. The van der Waals surface area contributed by atoms with Gasteiger partial charge in [-0.25, -0.2) is 0 Å². The summed E-state index contributed by atoms with van der Waals surface area (Å²) >= 11 is 3.53. The monoisotopic (exact) mass is 274 g/mol. The van der Waals surface area contributed by atoms with Crippen LogP contribution in [-0.2, 0) is 4.79 Å². The molecule has 3 fully saturated rings. The van der Waals surface area contributed by atoms with E-state index < -0.39 is 0 Å². The van der Waals surface area contributed by atoms with Crippen molar-refractivity contribution in [1.82, 2.24) is 9.80 Å². The molecular weight excluding hydrogens is 244 g/mol. The molecule has 1 amide bonds. The summed E-state index contributed by atoms with van der Waals surface area (Å²) in [4.78, 5) is 16.2. The second-order valence-corrected chi connectivity index (χ2v) is 4.46.